The number of piperazine rings is 1. The lowest BCUT2D eigenvalue weighted by Gasteiger charge is -2.39. The molecule has 2 fully saturated rings. The molecule has 0 bridgehead atoms. The molecule has 0 saturated carbocycles. The van der Waals surface area contributed by atoms with Gasteiger partial charge in [-0.2, -0.15) is 13.2 Å². The van der Waals surface area contributed by atoms with Gasteiger partial charge in [0.1, 0.15) is 22.8 Å². The Morgan fingerprint density at radius 1 is 1.05 bits per heavy atom. The second kappa shape index (κ2) is 17.7. The number of carbonyl (C=O) groups is 1. The molecule has 18 heteroatoms. The molecule has 3 N–H and O–H groups in total. The Morgan fingerprint density at radius 3 is 2.54 bits per heavy atom. The number of aromatic amines is 1. The van der Waals surface area contributed by atoms with Gasteiger partial charge < -0.3 is 24.7 Å². The number of benzene rings is 3. The van der Waals surface area contributed by atoms with Crippen molar-refractivity contribution in [3.8, 4) is 11.5 Å². The van der Waals surface area contributed by atoms with Gasteiger partial charge >= 0.3 is 6.18 Å². The highest BCUT2D eigenvalue weighted by Gasteiger charge is 2.33. The van der Waals surface area contributed by atoms with Crippen LogP contribution in [-0.2, 0) is 20.9 Å². The number of aromatic nitrogens is 2. The van der Waals surface area contributed by atoms with Crippen LogP contribution in [-0.4, -0.2) is 86.6 Å². The number of pyridine rings is 1. The molecule has 5 aromatic rings. The normalized spacial score (nSPS) is 18.4. The topological polar surface area (TPSA) is 172 Å². The minimum Gasteiger partial charge on any atom is -0.455 e. The van der Waals surface area contributed by atoms with Gasteiger partial charge in [-0.25, -0.2) is 18.1 Å². The maximum atomic E-state index is 13.9. The van der Waals surface area contributed by atoms with Gasteiger partial charge in [0, 0.05) is 81.2 Å². The van der Waals surface area contributed by atoms with Gasteiger partial charge in [0.15, 0.2) is 0 Å². The van der Waals surface area contributed by atoms with Crippen LogP contribution in [0.1, 0.15) is 61.0 Å². The van der Waals surface area contributed by atoms with Gasteiger partial charge in [0.05, 0.1) is 33.7 Å². The van der Waals surface area contributed by atoms with Crippen molar-refractivity contribution in [2.45, 2.75) is 50.6 Å². The third kappa shape index (κ3) is 10.1. The highest BCUT2D eigenvalue weighted by atomic mass is 32.2. The molecule has 1 amide bonds. The number of hydrogen-bond donors (Lipinski definition) is 3. The fourth-order valence-electron chi connectivity index (χ4n) is 8.40. The maximum absolute atomic E-state index is 13.9. The quantitative estimate of drug-likeness (QED) is 0.0764. The number of anilines is 2. The predicted molar refractivity (Wildman–Crippen MR) is 232 cm³/mol. The number of sulfonamides is 1. The van der Waals surface area contributed by atoms with Crippen LogP contribution >= 0.6 is 0 Å². The van der Waals surface area contributed by atoms with Crippen molar-refractivity contribution >= 4 is 49.6 Å². The van der Waals surface area contributed by atoms with E-state index < -0.39 is 43.2 Å². The van der Waals surface area contributed by atoms with E-state index in [9.17, 15) is 36.5 Å². The number of nitrogens with one attached hydrogen (secondary N) is 3. The molecule has 2 saturated heterocycles. The first-order valence-corrected chi connectivity index (χ1v) is 22.3. The minimum absolute atomic E-state index is 0.0193. The third-order valence-corrected chi connectivity index (χ3v) is 13.3. The van der Waals surface area contributed by atoms with Crippen LogP contribution in [0.3, 0.4) is 0 Å². The number of rotatable bonds is 13. The summed E-state index contributed by atoms with van der Waals surface area (Å²) >= 11 is 0. The average Bonchev–Trinajstić information content (AvgIpc) is 3.96. The van der Waals surface area contributed by atoms with Crippen LogP contribution in [0.25, 0.3) is 16.6 Å². The first kappa shape index (κ1) is 43.7. The molecule has 3 aliphatic rings. The van der Waals surface area contributed by atoms with E-state index in [0.29, 0.717) is 63.9 Å². The molecular weight excluding hydrogens is 840 g/mol. The summed E-state index contributed by atoms with van der Waals surface area (Å²) in [6.45, 7) is 9.21. The van der Waals surface area contributed by atoms with E-state index in [2.05, 4.69) is 43.7 Å². The lowest BCUT2D eigenvalue weighted by atomic mass is 9.72. The van der Waals surface area contributed by atoms with Crippen LogP contribution in [0, 0.1) is 21.4 Å². The lowest BCUT2D eigenvalue weighted by Crippen LogP contribution is -2.47. The van der Waals surface area contributed by atoms with E-state index >= 15 is 0 Å². The van der Waals surface area contributed by atoms with Gasteiger partial charge in [-0.3, -0.25) is 19.8 Å². The second-order valence-electron chi connectivity index (χ2n) is 17.1. The van der Waals surface area contributed by atoms with Crippen LogP contribution in [0.2, 0.25) is 0 Å². The van der Waals surface area contributed by atoms with Crippen molar-refractivity contribution in [3.63, 3.8) is 0 Å². The zero-order valence-electron chi connectivity index (χ0n) is 34.8. The summed E-state index contributed by atoms with van der Waals surface area (Å²) in [6, 6.07) is 17.3. The molecule has 63 heavy (non-hydrogen) atoms. The molecule has 4 heterocycles. The van der Waals surface area contributed by atoms with Crippen molar-refractivity contribution in [3.05, 3.63) is 118 Å². The van der Waals surface area contributed by atoms with Crippen molar-refractivity contribution in [2.24, 2.45) is 11.3 Å². The fraction of sp³-hybridized carbons (Fsp3) is 0.378. The number of halogens is 3. The maximum Gasteiger partial charge on any atom is 0.416 e. The first-order chi connectivity index (χ1) is 30.0. The van der Waals surface area contributed by atoms with E-state index in [0.717, 1.165) is 66.1 Å². The fourth-order valence-corrected chi connectivity index (χ4v) is 9.39. The molecule has 2 aliphatic heterocycles. The second-order valence-corrected chi connectivity index (χ2v) is 18.8. The molecule has 1 unspecified atom stereocenters. The van der Waals surface area contributed by atoms with Crippen molar-refractivity contribution in [2.75, 3.05) is 62.7 Å². The molecule has 332 valence electrons. The summed E-state index contributed by atoms with van der Waals surface area (Å²) < 4.78 is 81.0. The lowest BCUT2D eigenvalue weighted by molar-refractivity contribution is -0.384. The number of alkyl halides is 3. The van der Waals surface area contributed by atoms with Gasteiger partial charge in [-0.1, -0.05) is 31.6 Å². The number of carbonyl (C=O) groups excluding carboxylic acids is 1. The van der Waals surface area contributed by atoms with Crippen LogP contribution in [0.5, 0.6) is 11.5 Å². The number of hydrogen-bond acceptors (Lipinski definition) is 11. The SMILES string of the molecule is CC1(C)CCC(CN2CCN(c3ccc(C(=O)NS(=O)(=O)c4ccc(NCC5CCOC5)c([N+](=O)[O-])c4)c(Oc4cnc5[nH]ccc5c4)c3)CC2)=C(c2ccc(C(F)(F)F)cc2)C1. The molecule has 0 radical (unpaired) electrons. The standard InChI is InChI=1S/C45H48F3N7O7S/c1-44(2)14-11-32(38(24-44)30-3-5-33(6-4-30)45(46,47)48)27-53-16-18-54(19-17-53)34-7-9-37(41(22-34)62-35-21-31-12-15-49-42(31)51-26-35)43(56)52-63(59,60)36-8-10-39(40(23-36)55(57)58)50-25-29-13-20-61-28-29/h3-10,12,15,21-23,26,29,50H,11,13-14,16-20,24-25,27-28H2,1-2H3,(H,49,51)(H,52,56). The monoisotopic (exact) mass is 887 g/mol. The Kier molecular flexibility index (Phi) is 12.2. The first-order valence-electron chi connectivity index (χ1n) is 20.8. The van der Waals surface area contributed by atoms with E-state index in [1.54, 1.807) is 36.5 Å². The number of allylic oxidation sites excluding steroid dienone is 1. The highest BCUT2D eigenvalue weighted by Crippen LogP contribution is 2.44. The van der Waals surface area contributed by atoms with Crippen molar-refractivity contribution in [1.82, 2.24) is 19.6 Å². The predicted octanol–water partition coefficient (Wildman–Crippen LogP) is 8.64. The zero-order chi connectivity index (χ0) is 44.5. The summed E-state index contributed by atoms with van der Waals surface area (Å²) in [6.07, 6.45) is 2.20. The molecule has 1 atom stereocenters. The highest BCUT2D eigenvalue weighted by molar-refractivity contribution is 7.90. The summed E-state index contributed by atoms with van der Waals surface area (Å²) in [5, 5.41) is 15.8. The number of nitrogens with zero attached hydrogens (tertiary/aromatic N) is 4. The van der Waals surface area contributed by atoms with Gasteiger partial charge in [0.25, 0.3) is 21.6 Å². The average molecular weight is 888 g/mol. The molecular formula is C45H48F3N7O7S. The minimum atomic E-state index is -4.60. The number of amides is 1. The Hall–Kier alpha value is -5.98. The van der Waals surface area contributed by atoms with Gasteiger partial charge in [-0.05, 0) is 90.8 Å². The molecule has 14 nitrogen and oxygen atoms in total. The molecule has 2 aromatic heterocycles. The number of fused-ring (bicyclic) bond motifs is 1. The Bertz CT molecular complexity index is 2650. The van der Waals surface area contributed by atoms with E-state index in [1.807, 2.05) is 6.07 Å². The Morgan fingerprint density at radius 2 is 1.83 bits per heavy atom. The zero-order valence-corrected chi connectivity index (χ0v) is 35.7. The summed E-state index contributed by atoms with van der Waals surface area (Å²) in [7, 11) is -4.60. The number of H-pyrrole nitrogens is 1. The largest absolute Gasteiger partial charge is 0.455 e. The number of nitro benzene ring substituents is 1. The number of ether oxygens (including phenoxy) is 2. The molecule has 3 aromatic carbocycles. The molecule has 1 aliphatic carbocycles. The van der Waals surface area contributed by atoms with E-state index in [-0.39, 0.29) is 28.3 Å². The summed E-state index contributed by atoms with van der Waals surface area (Å²) in [5.41, 5.74) is 3.46. The van der Waals surface area contributed by atoms with Gasteiger partial charge in [0.2, 0.25) is 0 Å². The van der Waals surface area contributed by atoms with Crippen molar-refractivity contribution in [1.29, 1.82) is 0 Å². The summed E-state index contributed by atoms with van der Waals surface area (Å²) in [5.74, 6) is -0.471. The van der Waals surface area contributed by atoms with Gasteiger partial charge in [-0.15, -0.1) is 0 Å². The Labute approximate surface area is 362 Å². The summed E-state index contributed by atoms with van der Waals surface area (Å²) in [4.78, 5) is 36.6. The smallest absolute Gasteiger partial charge is 0.416 e. The Balaban J connectivity index is 1.00. The van der Waals surface area contributed by atoms with E-state index in [1.165, 1.54) is 30.0 Å². The number of nitro groups is 1. The van der Waals surface area contributed by atoms with Crippen molar-refractivity contribution < 1.29 is 40.8 Å². The third-order valence-electron chi connectivity index (χ3n) is 12.0. The molecule has 8 rings (SSSR count). The van der Waals surface area contributed by atoms with Crippen LogP contribution in [0.15, 0.2) is 95.7 Å². The van der Waals surface area contributed by atoms with E-state index in [4.69, 9.17) is 9.47 Å². The molecule has 0 spiro atoms. The van der Waals surface area contributed by atoms with Crippen LogP contribution < -0.4 is 19.7 Å². The van der Waals surface area contributed by atoms with Crippen LogP contribution in [0.4, 0.5) is 30.2 Å².